The van der Waals surface area contributed by atoms with Crippen molar-refractivity contribution in [2.45, 2.75) is 0 Å². The molecule has 78 heavy (non-hydrogen) atoms. The number of benzene rings is 9. The summed E-state index contributed by atoms with van der Waals surface area (Å²) < 4.78 is 47.7. The zero-order valence-corrected chi connectivity index (χ0v) is 50.8. The van der Waals surface area contributed by atoms with Gasteiger partial charge in [0, 0.05) is 0 Å². The van der Waals surface area contributed by atoms with E-state index in [-0.39, 0.29) is 15.1 Å². The number of hydrogen-bond acceptors (Lipinski definition) is 9. The average molecular weight is 1230 g/mol. The maximum absolute atomic E-state index is 5.30. The van der Waals surface area contributed by atoms with Crippen LogP contribution in [-0.2, 0) is 15.1 Å². The molecule has 15 heteroatoms. The van der Waals surface area contributed by atoms with Gasteiger partial charge in [-0.25, -0.2) is 0 Å². The van der Waals surface area contributed by atoms with E-state index in [0.29, 0.717) is 0 Å². The quantitative estimate of drug-likeness (QED) is 0.0616. The Hall–Kier alpha value is -6.33. The van der Waals surface area contributed by atoms with E-state index in [0.717, 1.165) is 51.7 Å². The summed E-state index contributed by atoms with van der Waals surface area (Å²) in [4.78, 5) is 0. The molecule has 0 spiro atoms. The van der Waals surface area contributed by atoms with E-state index in [2.05, 4.69) is 109 Å². The van der Waals surface area contributed by atoms with Crippen LogP contribution in [0.15, 0.2) is 218 Å². The van der Waals surface area contributed by atoms with Crippen LogP contribution in [0.25, 0.3) is 0 Å². The SMILES string of the molecule is COc1ccc(P(c2ccc(OC)cc2)c2ccc(OC)cc2)cc1.COc1ccc(P(c2ccc(OC)cc2)c2ccc(OC)cc2)cc1.COc1ccc(P(c2ccc(OC)cc2)c2ccc(OC)cc2)cc1.[Cl][Ru][Cl]. The molecular weight excluding hydrogens is 1170 g/mol. The first-order valence-corrected chi connectivity index (χ1v) is 32.7. The first-order valence-electron chi connectivity index (χ1n) is 24.2. The molecule has 0 saturated heterocycles. The molecule has 9 aromatic carbocycles. The van der Waals surface area contributed by atoms with Crippen LogP contribution < -0.4 is 90.4 Å². The number of halogens is 2. The number of methoxy groups -OCH3 is 9. The topological polar surface area (TPSA) is 83.1 Å². The van der Waals surface area contributed by atoms with E-state index in [1.165, 1.54) is 47.7 Å². The molecule has 0 aliphatic carbocycles. The first-order chi connectivity index (χ1) is 38.1. The molecule has 9 rings (SSSR count). The van der Waals surface area contributed by atoms with Crippen LogP contribution in [0.5, 0.6) is 51.7 Å². The summed E-state index contributed by atoms with van der Waals surface area (Å²) in [5, 5.41) is 11.4. The van der Waals surface area contributed by atoms with Gasteiger partial charge in [-0.2, -0.15) is 0 Å². The van der Waals surface area contributed by atoms with Gasteiger partial charge < -0.3 is 42.6 Å². The standard InChI is InChI=1S/3C21H21O3P.2ClH.Ru/c3*1-22-16-4-10-19(11-5-16)25(20-12-6-17(23-2)7-13-20)21-14-8-18(24-3)9-15-21;;;/h3*4-15H,1-3H3;2*1H;/q;;;;;+2/p-2. The minimum absolute atomic E-state index is 0.346. The van der Waals surface area contributed by atoms with Crippen LogP contribution in [0.4, 0.5) is 0 Å². The molecule has 0 atom stereocenters. The van der Waals surface area contributed by atoms with Crippen LogP contribution >= 0.6 is 43.1 Å². The molecule has 0 N–H and O–H groups in total. The second-order valence-corrected chi connectivity index (χ2v) is 25.6. The van der Waals surface area contributed by atoms with Crippen molar-refractivity contribution in [3.8, 4) is 51.7 Å². The minimum atomic E-state index is -0.665. The molecule has 0 bridgehead atoms. The molecule has 406 valence electrons. The van der Waals surface area contributed by atoms with Crippen molar-refractivity contribution < 1.29 is 57.8 Å². The molecule has 0 amide bonds. The zero-order valence-electron chi connectivity index (χ0n) is 44.9. The third-order valence-electron chi connectivity index (χ3n) is 12.0. The van der Waals surface area contributed by atoms with Gasteiger partial charge in [0.25, 0.3) is 0 Å². The number of hydrogen-bond donors (Lipinski definition) is 0. The van der Waals surface area contributed by atoms with Crippen LogP contribution in [0.1, 0.15) is 0 Å². The predicted molar refractivity (Wildman–Crippen MR) is 326 cm³/mol. The Morgan fingerprint density at radius 3 is 0.333 bits per heavy atom. The van der Waals surface area contributed by atoms with Crippen molar-refractivity contribution in [3.05, 3.63) is 218 Å². The predicted octanol–water partition coefficient (Wildman–Crippen LogP) is 11.8. The fourth-order valence-corrected chi connectivity index (χ4v) is 14.6. The first kappa shape index (κ1) is 60.9. The third kappa shape index (κ3) is 17.3. The molecule has 0 heterocycles. The molecule has 9 nitrogen and oxygen atoms in total. The Labute approximate surface area is 479 Å². The van der Waals surface area contributed by atoms with E-state index in [4.69, 9.17) is 62.0 Å². The zero-order chi connectivity index (χ0) is 55.7. The molecular formula is C63H63Cl2O9P3Ru. The van der Waals surface area contributed by atoms with Gasteiger partial charge in [0.05, 0.1) is 64.0 Å². The van der Waals surface area contributed by atoms with Crippen LogP contribution in [-0.4, -0.2) is 64.0 Å². The Morgan fingerprint density at radius 2 is 0.269 bits per heavy atom. The molecule has 9 aromatic rings. The summed E-state index contributed by atoms with van der Waals surface area (Å²) in [5.74, 6) is 7.78. The van der Waals surface area contributed by atoms with Crippen molar-refractivity contribution in [2.75, 3.05) is 64.0 Å². The van der Waals surface area contributed by atoms with Gasteiger partial charge in [0.15, 0.2) is 0 Å². The van der Waals surface area contributed by atoms with E-state index < -0.39 is 23.8 Å². The Morgan fingerprint density at radius 1 is 0.192 bits per heavy atom. The summed E-state index contributed by atoms with van der Waals surface area (Å²) in [7, 11) is 22.9. The summed E-state index contributed by atoms with van der Waals surface area (Å²) in [6, 6.07) is 74.7. The Balaban J connectivity index is 0.000000184. The third-order valence-corrected chi connectivity index (χ3v) is 19.3. The fraction of sp³-hybridized carbons (Fsp3) is 0.143. The molecule has 0 fully saturated rings. The van der Waals surface area contributed by atoms with Crippen molar-refractivity contribution in [3.63, 3.8) is 0 Å². The van der Waals surface area contributed by atoms with Gasteiger partial charge in [0.1, 0.15) is 51.7 Å². The van der Waals surface area contributed by atoms with E-state index in [1.54, 1.807) is 64.0 Å². The van der Waals surface area contributed by atoms with E-state index >= 15 is 0 Å². The van der Waals surface area contributed by atoms with Crippen LogP contribution in [0.3, 0.4) is 0 Å². The summed E-state index contributed by atoms with van der Waals surface area (Å²) in [5.41, 5.74) is 0. The fourth-order valence-electron chi connectivity index (χ4n) is 7.92. The summed E-state index contributed by atoms with van der Waals surface area (Å²) in [6.45, 7) is 0. The molecule has 0 aromatic heterocycles. The van der Waals surface area contributed by atoms with Gasteiger partial charge in [-0.1, -0.05) is 109 Å². The second-order valence-electron chi connectivity index (χ2n) is 16.3. The van der Waals surface area contributed by atoms with E-state index in [9.17, 15) is 0 Å². The summed E-state index contributed by atoms with van der Waals surface area (Å²) in [6.07, 6.45) is 0. The molecule has 0 radical (unpaired) electrons. The van der Waals surface area contributed by atoms with Crippen molar-refractivity contribution in [2.24, 2.45) is 0 Å². The Kier molecular flexibility index (Phi) is 25.4. The normalized spacial score (nSPS) is 10.4. The van der Waals surface area contributed by atoms with E-state index in [1.807, 2.05) is 109 Å². The van der Waals surface area contributed by atoms with Crippen molar-refractivity contribution in [1.82, 2.24) is 0 Å². The number of rotatable bonds is 18. The maximum atomic E-state index is 5.30. The van der Waals surface area contributed by atoms with Gasteiger partial charge in [-0.3, -0.25) is 0 Å². The van der Waals surface area contributed by atoms with Crippen molar-refractivity contribution in [1.29, 1.82) is 0 Å². The van der Waals surface area contributed by atoms with Crippen LogP contribution in [0, 0.1) is 0 Å². The van der Waals surface area contributed by atoms with Gasteiger partial charge in [-0.15, -0.1) is 0 Å². The van der Waals surface area contributed by atoms with Gasteiger partial charge in [-0.05, 0) is 181 Å². The van der Waals surface area contributed by atoms with Gasteiger partial charge in [0.2, 0.25) is 0 Å². The second kappa shape index (κ2) is 32.5. The average Bonchev–Trinajstić information content (AvgIpc) is 3.51. The molecule has 0 saturated carbocycles. The number of ether oxygens (including phenoxy) is 9. The molecule has 0 aliphatic heterocycles. The molecule has 0 aliphatic rings. The monoisotopic (exact) mass is 1230 g/mol. The molecule has 0 unspecified atom stereocenters. The van der Waals surface area contributed by atoms with Crippen molar-refractivity contribution >= 4 is 90.9 Å². The van der Waals surface area contributed by atoms with Crippen LogP contribution in [0.2, 0.25) is 0 Å². The van der Waals surface area contributed by atoms with Gasteiger partial charge >= 0.3 is 34.5 Å². The summed E-state index contributed by atoms with van der Waals surface area (Å²) >= 11 is -0.346. The Bertz CT molecular complexity index is 2430.